The van der Waals surface area contributed by atoms with Crippen LogP contribution in [0.3, 0.4) is 0 Å². The van der Waals surface area contributed by atoms with Gasteiger partial charge in [-0.3, -0.25) is 19.3 Å². The van der Waals surface area contributed by atoms with Crippen molar-refractivity contribution in [1.82, 2.24) is 0 Å². The lowest BCUT2D eigenvalue weighted by Gasteiger charge is -2.14. The maximum Gasteiger partial charge on any atom is 0.337 e. The molecule has 0 aromatic heterocycles. The summed E-state index contributed by atoms with van der Waals surface area (Å²) in [5.41, 5.74) is 0.965. The molecule has 0 unspecified atom stereocenters. The van der Waals surface area contributed by atoms with Gasteiger partial charge in [0.2, 0.25) is 11.8 Å². The number of hydrogen-bond acceptors (Lipinski definition) is 7. The number of anilines is 2. The molecule has 9 nitrogen and oxygen atoms in total. The Morgan fingerprint density at radius 1 is 0.800 bits per heavy atom. The van der Waals surface area contributed by atoms with Crippen LogP contribution >= 0.6 is 0 Å². The quantitative estimate of drug-likeness (QED) is 0.593. The first kappa shape index (κ1) is 20.7. The molecule has 0 radical (unpaired) electrons. The van der Waals surface area contributed by atoms with Gasteiger partial charge in [0.1, 0.15) is 0 Å². The van der Waals surface area contributed by atoms with E-state index in [1.54, 1.807) is 0 Å². The fraction of sp³-hybridized carbons (Fsp3) is 0.190. The number of nitrogens with one attached hydrogen (secondary N) is 1. The number of ether oxygens (including phenoxy) is 2. The summed E-state index contributed by atoms with van der Waals surface area (Å²) >= 11 is 0. The highest BCUT2D eigenvalue weighted by atomic mass is 16.5. The molecule has 1 aliphatic heterocycles. The van der Waals surface area contributed by atoms with Crippen molar-refractivity contribution in [3.63, 3.8) is 0 Å². The van der Waals surface area contributed by atoms with Crippen molar-refractivity contribution < 1.29 is 33.4 Å². The highest BCUT2D eigenvalue weighted by molar-refractivity contribution is 6.20. The molecule has 0 bridgehead atoms. The van der Waals surface area contributed by atoms with Crippen LogP contribution in [0, 0.1) is 0 Å². The van der Waals surface area contributed by atoms with Gasteiger partial charge in [-0.15, -0.1) is 0 Å². The van der Waals surface area contributed by atoms with E-state index in [0.717, 1.165) is 4.90 Å². The van der Waals surface area contributed by atoms with Crippen LogP contribution in [0.2, 0.25) is 0 Å². The molecule has 2 aromatic rings. The van der Waals surface area contributed by atoms with Crippen molar-refractivity contribution in [3.05, 3.63) is 59.2 Å². The summed E-state index contributed by atoms with van der Waals surface area (Å²) in [5.74, 6) is -2.45. The van der Waals surface area contributed by atoms with Crippen LogP contribution in [0.5, 0.6) is 0 Å². The molecule has 30 heavy (non-hydrogen) atoms. The van der Waals surface area contributed by atoms with Crippen molar-refractivity contribution in [1.29, 1.82) is 0 Å². The van der Waals surface area contributed by atoms with E-state index in [2.05, 4.69) is 14.8 Å². The number of benzene rings is 2. The van der Waals surface area contributed by atoms with Crippen molar-refractivity contribution in [2.24, 2.45) is 0 Å². The predicted octanol–water partition coefficient (Wildman–Crippen LogP) is 2.17. The first-order valence-corrected chi connectivity index (χ1v) is 8.93. The van der Waals surface area contributed by atoms with Gasteiger partial charge in [-0.2, -0.15) is 0 Å². The van der Waals surface area contributed by atoms with E-state index in [4.69, 9.17) is 0 Å². The van der Waals surface area contributed by atoms with E-state index in [-0.39, 0.29) is 47.0 Å². The summed E-state index contributed by atoms with van der Waals surface area (Å²) in [5, 5.41) is 2.60. The Morgan fingerprint density at radius 2 is 1.30 bits per heavy atom. The summed E-state index contributed by atoms with van der Waals surface area (Å²) in [4.78, 5) is 61.0. The molecule has 0 saturated carbocycles. The van der Waals surface area contributed by atoms with Crippen LogP contribution in [-0.4, -0.2) is 43.9 Å². The summed E-state index contributed by atoms with van der Waals surface area (Å²) in [6.07, 6.45) is 0.334. The first-order chi connectivity index (χ1) is 14.3. The molecule has 2 aromatic carbocycles. The van der Waals surface area contributed by atoms with Gasteiger partial charge in [-0.25, -0.2) is 9.59 Å². The number of rotatable bonds is 5. The first-order valence-electron chi connectivity index (χ1n) is 8.93. The zero-order valence-electron chi connectivity index (χ0n) is 16.3. The highest BCUT2D eigenvalue weighted by Gasteiger charge is 2.30. The Labute approximate surface area is 171 Å². The van der Waals surface area contributed by atoms with E-state index in [1.165, 1.54) is 56.7 Å². The van der Waals surface area contributed by atoms with Crippen LogP contribution in [-0.2, 0) is 19.1 Å². The Morgan fingerprint density at radius 3 is 1.77 bits per heavy atom. The number of hydrogen-bond donors (Lipinski definition) is 1. The van der Waals surface area contributed by atoms with E-state index in [9.17, 15) is 24.0 Å². The third-order valence-corrected chi connectivity index (χ3v) is 4.47. The number of amides is 3. The van der Waals surface area contributed by atoms with E-state index in [0.29, 0.717) is 5.69 Å². The van der Waals surface area contributed by atoms with Crippen LogP contribution < -0.4 is 10.2 Å². The molecule has 1 saturated heterocycles. The normalized spacial score (nSPS) is 13.2. The van der Waals surface area contributed by atoms with Gasteiger partial charge in [-0.1, -0.05) is 0 Å². The van der Waals surface area contributed by atoms with Gasteiger partial charge in [0.15, 0.2) is 0 Å². The molecule has 154 valence electrons. The van der Waals surface area contributed by atoms with Gasteiger partial charge >= 0.3 is 11.9 Å². The van der Waals surface area contributed by atoms with Gasteiger partial charge in [0.25, 0.3) is 5.91 Å². The largest absolute Gasteiger partial charge is 0.465 e. The molecule has 1 aliphatic rings. The molecule has 1 N–H and O–H groups in total. The molecule has 3 rings (SSSR count). The number of esters is 2. The van der Waals surface area contributed by atoms with Gasteiger partial charge in [0.05, 0.1) is 31.0 Å². The average molecular weight is 410 g/mol. The van der Waals surface area contributed by atoms with Gasteiger partial charge in [0, 0.05) is 24.1 Å². The van der Waals surface area contributed by atoms with Crippen molar-refractivity contribution >= 4 is 41.0 Å². The number of methoxy groups -OCH3 is 2. The topological polar surface area (TPSA) is 119 Å². The van der Waals surface area contributed by atoms with Crippen LogP contribution in [0.15, 0.2) is 42.5 Å². The third kappa shape index (κ3) is 4.19. The fourth-order valence-corrected chi connectivity index (χ4v) is 3.00. The third-order valence-electron chi connectivity index (χ3n) is 4.47. The number of carbonyl (C=O) groups is 5. The Balaban J connectivity index is 1.83. The number of carbonyl (C=O) groups excluding carboxylic acids is 5. The number of nitrogens with zero attached hydrogens (tertiary/aromatic N) is 1. The van der Waals surface area contributed by atoms with Crippen LogP contribution in [0.4, 0.5) is 11.4 Å². The Kier molecular flexibility index (Phi) is 5.91. The zero-order chi connectivity index (χ0) is 21.8. The zero-order valence-corrected chi connectivity index (χ0v) is 16.3. The number of imide groups is 1. The summed E-state index contributed by atoms with van der Waals surface area (Å²) < 4.78 is 9.33. The molecule has 0 spiro atoms. The minimum absolute atomic E-state index is 0.0668. The smallest absolute Gasteiger partial charge is 0.337 e. The summed E-state index contributed by atoms with van der Waals surface area (Å²) in [6.45, 7) is 0. The SMILES string of the molecule is COC(=O)c1cc(NC(=O)c2ccc(N3C(=O)CCC3=O)cc2)cc(C(=O)OC)c1. The maximum absolute atomic E-state index is 12.6. The molecule has 0 aliphatic carbocycles. The monoisotopic (exact) mass is 410 g/mol. The van der Waals surface area contributed by atoms with Crippen LogP contribution in [0.25, 0.3) is 0 Å². The maximum atomic E-state index is 12.6. The van der Waals surface area contributed by atoms with Crippen LogP contribution in [0.1, 0.15) is 43.9 Å². The second kappa shape index (κ2) is 8.56. The molecular formula is C21H18N2O7. The molecular weight excluding hydrogens is 392 g/mol. The van der Waals surface area contributed by atoms with Crippen molar-refractivity contribution in [2.45, 2.75) is 12.8 Å². The van der Waals surface area contributed by atoms with Gasteiger partial charge < -0.3 is 14.8 Å². The molecule has 9 heteroatoms. The minimum Gasteiger partial charge on any atom is -0.465 e. The lowest BCUT2D eigenvalue weighted by atomic mass is 10.1. The Bertz CT molecular complexity index is 994. The predicted molar refractivity (Wildman–Crippen MR) is 105 cm³/mol. The lowest BCUT2D eigenvalue weighted by Crippen LogP contribution is -2.28. The van der Waals surface area contributed by atoms with Crippen molar-refractivity contribution in [3.8, 4) is 0 Å². The minimum atomic E-state index is -0.680. The van der Waals surface area contributed by atoms with E-state index in [1.807, 2.05) is 0 Å². The lowest BCUT2D eigenvalue weighted by molar-refractivity contribution is -0.121. The van der Waals surface area contributed by atoms with Gasteiger partial charge in [-0.05, 0) is 42.5 Å². The summed E-state index contributed by atoms with van der Waals surface area (Å²) in [7, 11) is 2.39. The Hall–Kier alpha value is -4.01. The second-order valence-corrected chi connectivity index (χ2v) is 6.41. The molecule has 3 amide bonds. The molecule has 0 atom stereocenters. The average Bonchev–Trinajstić information content (AvgIpc) is 3.10. The van der Waals surface area contributed by atoms with E-state index >= 15 is 0 Å². The van der Waals surface area contributed by atoms with E-state index < -0.39 is 17.8 Å². The standard InChI is InChI=1S/C21H18N2O7/c1-29-20(27)13-9-14(21(28)30-2)11-15(10-13)22-19(26)12-3-5-16(6-4-12)23-17(24)7-8-18(23)25/h3-6,9-11H,7-8H2,1-2H3,(H,22,26). The molecule has 1 fully saturated rings. The molecule has 1 heterocycles. The summed E-state index contributed by atoms with van der Waals surface area (Å²) in [6, 6.07) is 9.97. The fourth-order valence-electron chi connectivity index (χ4n) is 3.00. The highest BCUT2D eigenvalue weighted by Crippen LogP contribution is 2.23. The second-order valence-electron chi connectivity index (χ2n) is 6.41. The van der Waals surface area contributed by atoms with Crippen molar-refractivity contribution in [2.75, 3.05) is 24.4 Å².